The van der Waals surface area contributed by atoms with Crippen molar-refractivity contribution in [1.82, 2.24) is 4.98 Å². The molecule has 5 heteroatoms. The van der Waals surface area contributed by atoms with Crippen molar-refractivity contribution in [2.24, 2.45) is 0 Å². The van der Waals surface area contributed by atoms with Crippen LogP contribution in [0.3, 0.4) is 0 Å². The van der Waals surface area contributed by atoms with Crippen LogP contribution < -0.4 is 5.32 Å². The molecule has 0 fully saturated rings. The molecule has 28 heavy (non-hydrogen) atoms. The standard InChI is InChI=1S/C23H20N2OS2/c1-2-21(26)24-18-13-14-19-20(15-18)27-23(25-19)28-22(16-9-5-3-6-10-16)17-11-7-4-8-12-17/h3-15,22H,2H2,1H3,(H,24,26). The lowest BCUT2D eigenvalue weighted by Crippen LogP contribution is -2.08. The summed E-state index contributed by atoms with van der Waals surface area (Å²) in [6.45, 7) is 1.85. The van der Waals surface area contributed by atoms with Crippen LogP contribution in [0.2, 0.25) is 0 Å². The van der Waals surface area contributed by atoms with Gasteiger partial charge in [0.1, 0.15) is 0 Å². The van der Waals surface area contributed by atoms with E-state index in [-0.39, 0.29) is 11.2 Å². The van der Waals surface area contributed by atoms with Gasteiger partial charge in [0.05, 0.1) is 15.5 Å². The Morgan fingerprint density at radius 1 is 1.00 bits per heavy atom. The first-order valence-electron chi connectivity index (χ1n) is 9.20. The molecule has 0 aliphatic carbocycles. The summed E-state index contributed by atoms with van der Waals surface area (Å²) in [5.74, 6) is 0.0201. The monoisotopic (exact) mass is 404 g/mol. The lowest BCUT2D eigenvalue weighted by Gasteiger charge is -2.16. The minimum atomic E-state index is 0.0201. The van der Waals surface area contributed by atoms with E-state index >= 15 is 0 Å². The number of nitrogens with one attached hydrogen (secondary N) is 1. The third-order valence-electron chi connectivity index (χ3n) is 4.40. The maximum atomic E-state index is 11.7. The molecule has 0 atom stereocenters. The van der Waals surface area contributed by atoms with Crippen LogP contribution in [-0.2, 0) is 4.79 Å². The number of thioether (sulfide) groups is 1. The number of anilines is 1. The summed E-state index contributed by atoms with van der Waals surface area (Å²) in [6.07, 6.45) is 0.470. The van der Waals surface area contributed by atoms with Gasteiger partial charge in [-0.05, 0) is 29.3 Å². The SMILES string of the molecule is CCC(=O)Nc1ccc2nc(SC(c3ccccc3)c3ccccc3)sc2c1. The van der Waals surface area contributed by atoms with Gasteiger partial charge in [-0.2, -0.15) is 0 Å². The molecule has 0 aliphatic rings. The zero-order valence-corrected chi connectivity index (χ0v) is 17.1. The van der Waals surface area contributed by atoms with E-state index in [1.807, 2.05) is 37.3 Å². The Kier molecular flexibility index (Phi) is 5.74. The van der Waals surface area contributed by atoms with Gasteiger partial charge in [-0.25, -0.2) is 4.98 Å². The number of carbonyl (C=O) groups is 1. The van der Waals surface area contributed by atoms with Crippen molar-refractivity contribution in [2.45, 2.75) is 22.9 Å². The molecule has 0 unspecified atom stereocenters. The molecule has 3 nitrogen and oxygen atoms in total. The summed E-state index contributed by atoms with van der Waals surface area (Å²) < 4.78 is 2.10. The van der Waals surface area contributed by atoms with Gasteiger partial charge in [0.15, 0.2) is 4.34 Å². The van der Waals surface area contributed by atoms with Crippen molar-refractivity contribution in [3.05, 3.63) is 90.0 Å². The van der Waals surface area contributed by atoms with Crippen molar-refractivity contribution in [3.63, 3.8) is 0 Å². The highest BCUT2D eigenvalue weighted by molar-refractivity contribution is 8.01. The molecule has 4 rings (SSSR count). The highest BCUT2D eigenvalue weighted by Gasteiger charge is 2.18. The first-order chi connectivity index (χ1) is 13.7. The second kappa shape index (κ2) is 8.59. The smallest absolute Gasteiger partial charge is 0.224 e. The molecule has 0 saturated carbocycles. The van der Waals surface area contributed by atoms with Crippen LogP contribution in [0.1, 0.15) is 29.7 Å². The van der Waals surface area contributed by atoms with Crippen LogP contribution in [0.25, 0.3) is 10.2 Å². The number of fused-ring (bicyclic) bond motifs is 1. The fourth-order valence-corrected chi connectivity index (χ4v) is 5.39. The van der Waals surface area contributed by atoms with Crippen LogP contribution in [0, 0.1) is 0 Å². The Labute approximate surface area is 172 Å². The van der Waals surface area contributed by atoms with Gasteiger partial charge in [-0.3, -0.25) is 4.79 Å². The highest BCUT2D eigenvalue weighted by atomic mass is 32.2. The topological polar surface area (TPSA) is 42.0 Å². The van der Waals surface area contributed by atoms with Gasteiger partial charge >= 0.3 is 0 Å². The van der Waals surface area contributed by atoms with Gasteiger partial charge in [0.2, 0.25) is 5.91 Å². The van der Waals surface area contributed by atoms with E-state index in [0.717, 1.165) is 20.2 Å². The number of aromatic nitrogens is 1. The number of hydrogen-bond donors (Lipinski definition) is 1. The third-order valence-corrected chi connectivity index (χ3v) is 6.82. The normalized spacial score (nSPS) is 11.1. The van der Waals surface area contributed by atoms with Gasteiger partial charge in [-0.1, -0.05) is 79.3 Å². The number of nitrogens with zero attached hydrogens (tertiary/aromatic N) is 1. The Morgan fingerprint density at radius 3 is 2.25 bits per heavy atom. The van der Waals surface area contributed by atoms with E-state index in [1.54, 1.807) is 23.1 Å². The molecule has 0 radical (unpaired) electrons. The number of thiazole rings is 1. The van der Waals surface area contributed by atoms with Crippen LogP contribution in [0.15, 0.2) is 83.2 Å². The Balaban J connectivity index is 1.65. The Bertz CT molecular complexity index is 1040. The van der Waals surface area contributed by atoms with Crippen molar-refractivity contribution in [1.29, 1.82) is 0 Å². The van der Waals surface area contributed by atoms with E-state index in [0.29, 0.717) is 6.42 Å². The molecule has 0 saturated heterocycles. The van der Waals surface area contributed by atoms with Crippen LogP contribution in [0.5, 0.6) is 0 Å². The largest absolute Gasteiger partial charge is 0.326 e. The molecule has 0 aliphatic heterocycles. The molecule has 140 valence electrons. The first kappa shape index (κ1) is 18.7. The van der Waals surface area contributed by atoms with E-state index in [2.05, 4.69) is 53.8 Å². The zero-order chi connectivity index (χ0) is 19.3. The van der Waals surface area contributed by atoms with E-state index < -0.39 is 0 Å². The quantitative estimate of drug-likeness (QED) is 0.372. The molecule has 1 amide bonds. The fourth-order valence-electron chi connectivity index (χ4n) is 2.97. The molecule has 4 aromatic rings. The predicted molar refractivity (Wildman–Crippen MR) is 119 cm³/mol. The van der Waals surface area contributed by atoms with Crippen molar-refractivity contribution in [2.75, 3.05) is 5.32 Å². The minimum Gasteiger partial charge on any atom is -0.326 e. The second-order valence-corrected chi connectivity index (χ2v) is 8.77. The summed E-state index contributed by atoms with van der Waals surface area (Å²) in [6, 6.07) is 26.9. The average Bonchev–Trinajstić information content (AvgIpc) is 3.15. The van der Waals surface area contributed by atoms with Gasteiger partial charge in [0.25, 0.3) is 0 Å². The number of carbonyl (C=O) groups excluding carboxylic acids is 1. The van der Waals surface area contributed by atoms with Gasteiger partial charge in [0, 0.05) is 12.1 Å². The first-order valence-corrected chi connectivity index (χ1v) is 10.9. The number of hydrogen-bond acceptors (Lipinski definition) is 4. The maximum absolute atomic E-state index is 11.7. The fraction of sp³-hybridized carbons (Fsp3) is 0.130. The van der Waals surface area contributed by atoms with Gasteiger partial charge < -0.3 is 5.32 Å². The van der Waals surface area contributed by atoms with Crippen molar-refractivity contribution < 1.29 is 4.79 Å². The number of benzene rings is 3. The lowest BCUT2D eigenvalue weighted by molar-refractivity contribution is -0.115. The van der Waals surface area contributed by atoms with Crippen molar-refractivity contribution in [3.8, 4) is 0 Å². The second-order valence-electron chi connectivity index (χ2n) is 6.38. The van der Waals surface area contributed by atoms with E-state index in [9.17, 15) is 4.79 Å². The molecular weight excluding hydrogens is 384 g/mol. The molecule has 1 N–H and O–H groups in total. The summed E-state index contributed by atoms with van der Waals surface area (Å²) in [5.41, 5.74) is 4.30. The molecule has 1 aromatic heterocycles. The summed E-state index contributed by atoms with van der Waals surface area (Å²) in [4.78, 5) is 16.5. The summed E-state index contributed by atoms with van der Waals surface area (Å²) in [7, 11) is 0. The van der Waals surface area contributed by atoms with Gasteiger partial charge in [-0.15, -0.1) is 11.3 Å². The number of amides is 1. The lowest BCUT2D eigenvalue weighted by atomic mass is 10.0. The molecule has 3 aromatic carbocycles. The zero-order valence-electron chi connectivity index (χ0n) is 15.5. The van der Waals surface area contributed by atoms with E-state index in [1.165, 1.54) is 11.1 Å². The Hall–Kier alpha value is -2.63. The highest BCUT2D eigenvalue weighted by Crippen LogP contribution is 2.43. The third kappa shape index (κ3) is 4.26. The predicted octanol–water partition coefficient (Wildman–Crippen LogP) is 6.53. The van der Waals surface area contributed by atoms with Crippen LogP contribution >= 0.6 is 23.1 Å². The molecule has 1 heterocycles. The Morgan fingerprint density at radius 2 is 1.64 bits per heavy atom. The number of rotatable bonds is 6. The van der Waals surface area contributed by atoms with Crippen molar-refractivity contribution >= 4 is 44.9 Å². The minimum absolute atomic E-state index is 0.0201. The molecule has 0 bridgehead atoms. The van der Waals surface area contributed by atoms with E-state index in [4.69, 9.17) is 4.98 Å². The molecule has 0 spiro atoms. The van der Waals surface area contributed by atoms with Crippen LogP contribution in [0.4, 0.5) is 5.69 Å². The summed E-state index contributed by atoms with van der Waals surface area (Å²) >= 11 is 3.43. The van der Waals surface area contributed by atoms with Crippen LogP contribution in [-0.4, -0.2) is 10.9 Å². The summed E-state index contributed by atoms with van der Waals surface area (Å²) in [5, 5.41) is 3.10. The molecular formula is C23H20N2OS2. The average molecular weight is 405 g/mol. The maximum Gasteiger partial charge on any atom is 0.224 e.